The Balaban J connectivity index is 2.06. The van der Waals surface area contributed by atoms with E-state index in [0.29, 0.717) is 24.4 Å². The summed E-state index contributed by atoms with van der Waals surface area (Å²) in [4.78, 5) is 28.5. The molecule has 0 aliphatic carbocycles. The zero-order chi connectivity index (χ0) is 28.6. The maximum absolute atomic E-state index is 14.0. The van der Waals surface area contributed by atoms with Gasteiger partial charge < -0.3 is 15.0 Å². The third-order valence-corrected chi connectivity index (χ3v) is 8.54. The van der Waals surface area contributed by atoms with Gasteiger partial charge >= 0.3 is 0 Å². The molecule has 1 unspecified atom stereocenters. The highest BCUT2D eigenvalue weighted by Gasteiger charge is 2.33. The van der Waals surface area contributed by atoms with Gasteiger partial charge in [-0.25, -0.2) is 8.42 Å². The highest BCUT2D eigenvalue weighted by atomic mass is 79.9. The topological polar surface area (TPSA) is 96.0 Å². The minimum absolute atomic E-state index is 0.0685. The van der Waals surface area contributed by atoms with Gasteiger partial charge in [0.25, 0.3) is 10.0 Å². The Bertz CT molecular complexity index is 1380. The molecule has 1 atom stereocenters. The molecule has 0 heterocycles. The van der Waals surface area contributed by atoms with E-state index in [1.165, 1.54) is 17.0 Å². The van der Waals surface area contributed by atoms with Crippen molar-refractivity contribution in [3.05, 3.63) is 88.4 Å². The first kappa shape index (κ1) is 30.2. The van der Waals surface area contributed by atoms with Crippen molar-refractivity contribution in [1.29, 1.82) is 0 Å². The second kappa shape index (κ2) is 13.6. The highest BCUT2D eigenvalue weighted by Crippen LogP contribution is 2.27. The van der Waals surface area contributed by atoms with Crippen molar-refractivity contribution in [2.75, 3.05) is 24.5 Å². The summed E-state index contributed by atoms with van der Waals surface area (Å²) < 4.78 is 34.9. The maximum atomic E-state index is 14.0. The van der Waals surface area contributed by atoms with Gasteiger partial charge in [0, 0.05) is 17.6 Å². The Labute approximate surface area is 239 Å². The van der Waals surface area contributed by atoms with Crippen LogP contribution in [0.4, 0.5) is 5.69 Å². The predicted octanol–water partition coefficient (Wildman–Crippen LogP) is 4.90. The number of benzene rings is 3. The number of likely N-dealkylation sites (N-methyl/N-ethyl adjacent to an activating group) is 1. The number of carbonyl (C=O) groups is 2. The molecule has 0 bridgehead atoms. The van der Waals surface area contributed by atoms with Crippen molar-refractivity contribution in [3.63, 3.8) is 0 Å². The van der Waals surface area contributed by atoms with Crippen LogP contribution in [0.25, 0.3) is 0 Å². The monoisotopic (exact) mass is 615 g/mol. The van der Waals surface area contributed by atoms with Gasteiger partial charge in [-0.15, -0.1) is 0 Å². The average molecular weight is 617 g/mol. The summed E-state index contributed by atoms with van der Waals surface area (Å²) in [7, 11) is -2.56. The van der Waals surface area contributed by atoms with Crippen LogP contribution in [0, 0.1) is 6.92 Å². The predicted molar refractivity (Wildman–Crippen MR) is 156 cm³/mol. The van der Waals surface area contributed by atoms with E-state index in [1.54, 1.807) is 61.7 Å². The van der Waals surface area contributed by atoms with Crippen molar-refractivity contribution in [1.82, 2.24) is 10.2 Å². The molecule has 0 fully saturated rings. The summed E-state index contributed by atoms with van der Waals surface area (Å²) in [6, 6.07) is 19.6. The van der Waals surface area contributed by atoms with E-state index in [9.17, 15) is 18.0 Å². The zero-order valence-electron chi connectivity index (χ0n) is 22.6. The molecule has 0 aromatic heterocycles. The number of aryl methyl sites for hydroxylation is 1. The molecular weight excluding hydrogens is 582 g/mol. The third kappa shape index (κ3) is 7.60. The van der Waals surface area contributed by atoms with Crippen LogP contribution in [-0.2, 0) is 26.2 Å². The molecule has 3 aromatic rings. The van der Waals surface area contributed by atoms with E-state index in [0.717, 1.165) is 19.9 Å². The first-order valence-electron chi connectivity index (χ1n) is 12.7. The number of methoxy groups -OCH3 is 1. The number of hydrogen-bond acceptors (Lipinski definition) is 5. The van der Waals surface area contributed by atoms with E-state index < -0.39 is 28.5 Å². The van der Waals surface area contributed by atoms with Gasteiger partial charge in [0.1, 0.15) is 18.3 Å². The van der Waals surface area contributed by atoms with E-state index >= 15 is 0 Å². The van der Waals surface area contributed by atoms with Crippen LogP contribution in [-0.4, -0.2) is 51.4 Å². The van der Waals surface area contributed by atoms with Crippen molar-refractivity contribution in [3.8, 4) is 5.75 Å². The number of sulfonamides is 1. The number of anilines is 1. The molecule has 0 radical (unpaired) electrons. The zero-order valence-corrected chi connectivity index (χ0v) is 25.0. The minimum atomic E-state index is -4.11. The summed E-state index contributed by atoms with van der Waals surface area (Å²) >= 11 is 3.38. The Morgan fingerprint density at radius 1 is 1.00 bits per heavy atom. The fourth-order valence-corrected chi connectivity index (χ4v) is 5.83. The van der Waals surface area contributed by atoms with E-state index in [-0.39, 0.29) is 17.3 Å². The largest absolute Gasteiger partial charge is 0.497 e. The molecule has 39 heavy (non-hydrogen) atoms. The quantitative estimate of drug-likeness (QED) is 0.312. The van der Waals surface area contributed by atoms with Gasteiger partial charge in [0.05, 0.1) is 17.7 Å². The number of rotatable bonds is 12. The molecule has 1 N–H and O–H groups in total. The second-order valence-electron chi connectivity index (χ2n) is 8.99. The van der Waals surface area contributed by atoms with Crippen LogP contribution >= 0.6 is 15.9 Å². The fraction of sp³-hybridized carbons (Fsp3) is 0.310. The molecule has 8 nitrogen and oxygen atoms in total. The number of nitrogens with one attached hydrogen (secondary N) is 1. The Morgan fingerprint density at radius 2 is 1.67 bits per heavy atom. The van der Waals surface area contributed by atoms with Gasteiger partial charge in [-0.1, -0.05) is 52.7 Å². The highest BCUT2D eigenvalue weighted by molar-refractivity contribution is 9.10. The SMILES string of the molecule is CCNC(=O)C(CC)N(Cc1cccc(OC)c1)C(=O)CN(c1ccc(Br)cc1)S(=O)(=O)c1ccc(C)cc1. The molecule has 0 spiro atoms. The van der Waals surface area contributed by atoms with Crippen molar-refractivity contribution in [2.45, 2.75) is 44.7 Å². The van der Waals surface area contributed by atoms with Gasteiger partial charge in [0.2, 0.25) is 11.8 Å². The van der Waals surface area contributed by atoms with Gasteiger partial charge in [0.15, 0.2) is 0 Å². The van der Waals surface area contributed by atoms with Crippen LogP contribution in [0.15, 0.2) is 82.2 Å². The first-order chi connectivity index (χ1) is 18.6. The molecule has 0 aliphatic heterocycles. The summed E-state index contributed by atoms with van der Waals surface area (Å²) in [6.07, 6.45) is 0.352. The van der Waals surface area contributed by atoms with Crippen molar-refractivity contribution >= 4 is 43.5 Å². The molecule has 3 aromatic carbocycles. The van der Waals surface area contributed by atoms with Gasteiger partial charge in [-0.05, 0) is 74.4 Å². The normalized spacial score (nSPS) is 11.9. The number of carbonyl (C=O) groups excluding carboxylic acids is 2. The average Bonchev–Trinajstić information content (AvgIpc) is 2.92. The van der Waals surface area contributed by atoms with Crippen LogP contribution in [0.1, 0.15) is 31.4 Å². The maximum Gasteiger partial charge on any atom is 0.264 e. The summed E-state index contributed by atoms with van der Waals surface area (Å²) in [6.45, 7) is 5.52. The van der Waals surface area contributed by atoms with Crippen molar-refractivity contribution < 1.29 is 22.7 Å². The summed E-state index contributed by atoms with van der Waals surface area (Å²) in [5, 5.41) is 2.80. The molecule has 10 heteroatoms. The number of ether oxygens (including phenoxy) is 1. The van der Waals surface area contributed by atoms with Gasteiger partial charge in [-0.3, -0.25) is 13.9 Å². The smallest absolute Gasteiger partial charge is 0.264 e. The molecule has 3 rings (SSSR count). The van der Waals surface area contributed by atoms with Crippen LogP contribution in [0.5, 0.6) is 5.75 Å². The second-order valence-corrected chi connectivity index (χ2v) is 11.8. The van der Waals surface area contributed by atoms with Crippen LogP contribution in [0.3, 0.4) is 0 Å². The van der Waals surface area contributed by atoms with E-state index in [1.807, 2.05) is 26.8 Å². The number of hydrogen-bond donors (Lipinski definition) is 1. The Morgan fingerprint density at radius 3 is 2.26 bits per heavy atom. The molecule has 0 saturated heterocycles. The van der Waals surface area contributed by atoms with E-state index in [2.05, 4.69) is 21.2 Å². The molecule has 0 aliphatic rings. The molecule has 2 amide bonds. The van der Waals surface area contributed by atoms with Gasteiger partial charge in [-0.2, -0.15) is 0 Å². The summed E-state index contributed by atoms with van der Waals surface area (Å²) in [5.41, 5.74) is 2.00. The number of amides is 2. The lowest BCUT2D eigenvalue weighted by molar-refractivity contribution is -0.140. The lowest BCUT2D eigenvalue weighted by Crippen LogP contribution is -2.52. The van der Waals surface area contributed by atoms with Crippen LogP contribution in [0.2, 0.25) is 0 Å². The minimum Gasteiger partial charge on any atom is -0.497 e. The molecule has 0 saturated carbocycles. The first-order valence-corrected chi connectivity index (χ1v) is 14.9. The third-order valence-electron chi connectivity index (χ3n) is 6.23. The molecule has 208 valence electrons. The van der Waals surface area contributed by atoms with Crippen LogP contribution < -0.4 is 14.4 Å². The lowest BCUT2D eigenvalue weighted by Gasteiger charge is -2.33. The Kier molecular flexibility index (Phi) is 10.5. The van der Waals surface area contributed by atoms with E-state index in [4.69, 9.17) is 4.74 Å². The van der Waals surface area contributed by atoms with Crippen molar-refractivity contribution in [2.24, 2.45) is 0 Å². The standard InChI is InChI=1S/C29H34BrN3O5S/c1-5-27(29(35)31-6-2)32(19-22-8-7-9-25(18-22)38-4)28(34)20-33(24-14-12-23(30)13-15-24)39(36,37)26-16-10-21(3)11-17-26/h7-18,27H,5-6,19-20H2,1-4H3,(H,31,35). The number of halogens is 1. The number of nitrogens with zero attached hydrogens (tertiary/aromatic N) is 2. The summed E-state index contributed by atoms with van der Waals surface area (Å²) in [5.74, 6) is -0.188. The Hall–Kier alpha value is -3.37. The lowest BCUT2D eigenvalue weighted by atomic mass is 10.1. The fourth-order valence-electron chi connectivity index (χ4n) is 4.15. The molecular formula is C29H34BrN3O5S.